The zero-order chi connectivity index (χ0) is 14.0. The Kier molecular flexibility index (Phi) is 4.07. The van der Waals surface area contributed by atoms with Gasteiger partial charge < -0.3 is 5.11 Å². The van der Waals surface area contributed by atoms with Crippen molar-refractivity contribution in [2.24, 2.45) is 0 Å². The highest BCUT2D eigenvalue weighted by atomic mass is 79.9. The first-order valence-electron chi connectivity index (χ1n) is 6.12. The van der Waals surface area contributed by atoms with E-state index in [0.29, 0.717) is 6.42 Å². The molecule has 0 bridgehead atoms. The van der Waals surface area contributed by atoms with Crippen LogP contribution in [0.25, 0.3) is 0 Å². The SMILES string of the molecule is Cc1ccc(F)cc1CC(C)(O)c1ccccc1Br. The van der Waals surface area contributed by atoms with Crippen LogP contribution in [0.1, 0.15) is 23.6 Å². The minimum atomic E-state index is -1.04. The van der Waals surface area contributed by atoms with Crippen LogP contribution in [-0.4, -0.2) is 5.11 Å². The first-order valence-corrected chi connectivity index (χ1v) is 6.92. The topological polar surface area (TPSA) is 20.2 Å². The minimum absolute atomic E-state index is 0.275. The Labute approximate surface area is 121 Å². The Morgan fingerprint density at radius 2 is 1.89 bits per heavy atom. The highest BCUT2D eigenvalue weighted by Crippen LogP contribution is 2.32. The van der Waals surface area contributed by atoms with E-state index in [1.54, 1.807) is 13.0 Å². The molecule has 0 saturated carbocycles. The van der Waals surface area contributed by atoms with Crippen molar-refractivity contribution in [3.05, 3.63) is 69.4 Å². The number of benzene rings is 2. The van der Waals surface area contributed by atoms with E-state index in [2.05, 4.69) is 15.9 Å². The van der Waals surface area contributed by atoms with Gasteiger partial charge >= 0.3 is 0 Å². The van der Waals surface area contributed by atoms with Crippen LogP contribution >= 0.6 is 15.9 Å². The third-order valence-electron chi connectivity index (χ3n) is 3.30. The predicted molar refractivity (Wildman–Crippen MR) is 78.6 cm³/mol. The molecular formula is C16H16BrFO. The average Bonchev–Trinajstić information content (AvgIpc) is 2.34. The number of hydrogen-bond acceptors (Lipinski definition) is 1. The van der Waals surface area contributed by atoms with Gasteiger partial charge in [0.25, 0.3) is 0 Å². The lowest BCUT2D eigenvalue weighted by molar-refractivity contribution is 0.0566. The molecule has 1 unspecified atom stereocenters. The minimum Gasteiger partial charge on any atom is -0.385 e. The molecule has 0 aliphatic rings. The van der Waals surface area contributed by atoms with E-state index < -0.39 is 5.60 Å². The molecule has 2 rings (SSSR count). The molecule has 0 heterocycles. The van der Waals surface area contributed by atoms with Crippen molar-refractivity contribution in [3.8, 4) is 0 Å². The number of hydrogen-bond donors (Lipinski definition) is 1. The predicted octanol–water partition coefficient (Wildman–Crippen LogP) is 4.35. The first kappa shape index (κ1) is 14.2. The van der Waals surface area contributed by atoms with Crippen LogP contribution in [0.3, 0.4) is 0 Å². The molecule has 100 valence electrons. The molecule has 3 heteroatoms. The Morgan fingerprint density at radius 1 is 1.21 bits per heavy atom. The summed E-state index contributed by atoms with van der Waals surface area (Å²) in [5.41, 5.74) is 1.56. The molecule has 1 atom stereocenters. The van der Waals surface area contributed by atoms with Crippen LogP contribution in [0.5, 0.6) is 0 Å². The Bertz CT molecular complexity index is 593. The van der Waals surface area contributed by atoms with Crippen molar-refractivity contribution >= 4 is 15.9 Å². The highest BCUT2D eigenvalue weighted by Gasteiger charge is 2.26. The van der Waals surface area contributed by atoms with Crippen LogP contribution in [0.15, 0.2) is 46.9 Å². The molecule has 0 saturated heterocycles. The molecule has 0 fully saturated rings. The summed E-state index contributed by atoms with van der Waals surface area (Å²) in [6.45, 7) is 3.67. The van der Waals surface area contributed by atoms with Crippen LogP contribution in [0.4, 0.5) is 4.39 Å². The molecule has 2 aromatic rings. The Hall–Kier alpha value is -1.19. The smallest absolute Gasteiger partial charge is 0.123 e. The van der Waals surface area contributed by atoms with E-state index in [1.165, 1.54) is 12.1 Å². The van der Waals surface area contributed by atoms with Gasteiger partial charge in [0.15, 0.2) is 0 Å². The molecule has 0 aliphatic heterocycles. The number of aliphatic hydroxyl groups is 1. The second-order valence-electron chi connectivity index (χ2n) is 5.00. The fourth-order valence-corrected chi connectivity index (χ4v) is 2.91. The van der Waals surface area contributed by atoms with Crippen LogP contribution in [0.2, 0.25) is 0 Å². The molecule has 2 aromatic carbocycles. The molecule has 1 N–H and O–H groups in total. The number of aryl methyl sites for hydroxylation is 1. The maximum Gasteiger partial charge on any atom is 0.123 e. The zero-order valence-corrected chi connectivity index (χ0v) is 12.5. The molecular weight excluding hydrogens is 307 g/mol. The molecule has 1 nitrogen and oxygen atoms in total. The van der Waals surface area contributed by atoms with Crippen LogP contribution < -0.4 is 0 Å². The van der Waals surface area contributed by atoms with Crippen LogP contribution in [-0.2, 0) is 12.0 Å². The quantitative estimate of drug-likeness (QED) is 0.890. The summed E-state index contributed by atoms with van der Waals surface area (Å²) in [6.07, 6.45) is 0.374. The summed E-state index contributed by atoms with van der Waals surface area (Å²) in [6, 6.07) is 12.2. The van der Waals surface area contributed by atoms with Crippen molar-refractivity contribution in [1.82, 2.24) is 0 Å². The normalized spacial score (nSPS) is 14.2. The van der Waals surface area contributed by atoms with Crippen molar-refractivity contribution < 1.29 is 9.50 Å². The Morgan fingerprint density at radius 3 is 2.58 bits per heavy atom. The lowest BCUT2D eigenvalue weighted by Gasteiger charge is -2.26. The monoisotopic (exact) mass is 322 g/mol. The summed E-state index contributed by atoms with van der Waals surface area (Å²) >= 11 is 3.44. The van der Waals surface area contributed by atoms with Crippen LogP contribution in [0, 0.1) is 12.7 Å². The average molecular weight is 323 g/mol. The molecule has 0 radical (unpaired) electrons. The van der Waals surface area contributed by atoms with Gasteiger partial charge in [-0.15, -0.1) is 0 Å². The van der Waals surface area contributed by atoms with Crippen molar-refractivity contribution in [3.63, 3.8) is 0 Å². The summed E-state index contributed by atoms with van der Waals surface area (Å²) in [5, 5.41) is 10.7. The highest BCUT2D eigenvalue weighted by molar-refractivity contribution is 9.10. The lowest BCUT2D eigenvalue weighted by Crippen LogP contribution is -2.25. The van der Waals surface area contributed by atoms with Crippen molar-refractivity contribution in [1.29, 1.82) is 0 Å². The van der Waals surface area contributed by atoms with Crippen molar-refractivity contribution in [2.75, 3.05) is 0 Å². The maximum absolute atomic E-state index is 13.3. The maximum atomic E-state index is 13.3. The van der Waals surface area contributed by atoms with Gasteiger partial charge in [-0.05, 0) is 48.7 Å². The standard InChI is InChI=1S/C16H16BrFO/c1-11-7-8-13(18)9-12(11)10-16(2,19)14-5-3-4-6-15(14)17/h3-9,19H,10H2,1-2H3. The van der Waals surface area contributed by atoms with E-state index in [4.69, 9.17) is 0 Å². The van der Waals surface area contributed by atoms with Gasteiger partial charge in [0.05, 0.1) is 5.60 Å². The number of halogens is 2. The summed E-state index contributed by atoms with van der Waals surface area (Å²) in [7, 11) is 0. The third kappa shape index (κ3) is 3.23. The molecule has 0 aromatic heterocycles. The fourth-order valence-electron chi connectivity index (χ4n) is 2.19. The van der Waals surface area contributed by atoms with Gasteiger partial charge in [-0.25, -0.2) is 4.39 Å². The molecule has 0 aliphatic carbocycles. The Balaban J connectivity index is 2.36. The second kappa shape index (κ2) is 5.43. The van der Waals surface area contributed by atoms with Gasteiger partial charge in [-0.3, -0.25) is 0 Å². The molecule has 0 amide bonds. The van der Waals surface area contributed by atoms with E-state index in [0.717, 1.165) is 21.2 Å². The zero-order valence-electron chi connectivity index (χ0n) is 11.0. The van der Waals surface area contributed by atoms with Gasteiger partial charge in [-0.1, -0.05) is 40.2 Å². The second-order valence-corrected chi connectivity index (χ2v) is 5.86. The van der Waals surface area contributed by atoms with Crippen molar-refractivity contribution in [2.45, 2.75) is 25.9 Å². The lowest BCUT2D eigenvalue weighted by atomic mass is 9.87. The van der Waals surface area contributed by atoms with E-state index >= 15 is 0 Å². The summed E-state index contributed by atoms with van der Waals surface area (Å²) < 4.78 is 14.2. The number of rotatable bonds is 3. The molecule has 0 spiro atoms. The fraction of sp³-hybridized carbons (Fsp3) is 0.250. The third-order valence-corrected chi connectivity index (χ3v) is 3.99. The van der Waals surface area contributed by atoms with Gasteiger partial charge in [0, 0.05) is 10.9 Å². The summed E-state index contributed by atoms with van der Waals surface area (Å²) in [4.78, 5) is 0. The van der Waals surface area contributed by atoms with Gasteiger partial charge in [-0.2, -0.15) is 0 Å². The van der Waals surface area contributed by atoms with E-state index in [-0.39, 0.29) is 5.82 Å². The first-order chi connectivity index (χ1) is 8.90. The largest absolute Gasteiger partial charge is 0.385 e. The molecule has 19 heavy (non-hydrogen) atoms. The van der Waals surface area contributed by atoms with Gasteiger partial charge in [0.2, 0.25) is 0 Å². The van der Waals surface area contributed by atoms with Gasteiger partial charge in [0.1, 0.15) is 5.82 Å². The van der Waals surface area contributed by atoms with E-state index in [1.807, 2.05) is 31.2 Å². The van der Waals surface area contributed by atoms with E-state index in [9.17, 15) is 9.50 Å². The summed E-state index contributed by atoms with van der Waals surface area (Å²) in [5.74, 6) is -0.275.